The third kappa shape index (κ3) is 4.46. The molecule has 0 heterocycles. The van der Waals surface area contributed by atoms with Gasteiger partial charge in [-0.15, -0.1) is 0 Å². The van der Waals surface area contributed by atoms with E-state index in [4.69, 9.17) is 5.73 Å². The second kappa shape index (κ2) is 7.80. The molecule has 140 valence electrons. The molecule has 0 aliphatic rings. The Labute approximate surface area is 159 Å². The number of hydrogen-bond acceptors (Lipinski definition) is 4. The van der Waals surface area contributed by atoms with Gasteiger partial charge in [0.2, 0.25) is 5.91 Å². The van der Waals surface area contributed by atoms with Gasteiger partial charge in [0.15, 0.2) is 9.84 Å². The van der Waals surface area contributed by atoms with E-state index in [2.05, 4.69) is 5.32 Å². The molecular formula is C21H22N2O3S. The molecule has 0 aliphatic carbocycles. The number of nitrogens with one attached hydrogen (secondary N) is 1. The van der Waals surface area contributed by atoms with Crippen LogP contribution >= 0.6 is 0 Å². The number of carbonyl (C=O) groups is 1. The normalized spacial score (nSPS) is 11.4. The molecule has 3 N–H and O–H groups in total. The van der Waals surface area contributed by atoms with Crippen molar-refractivity contribution in [3.05, 3.63) is 66.2 Å². The first-order valence-electron chi connectivity index (χ1n) is 8.73. The SMILES string of the molecule is Cc1ccc(Nc2c(S(=O)(=O)CCCC(N)=O)ccc3ccccc23)cc1. The van der Waals surface area contributed by atoms with Gasteiger partial charge in [0.25, 0.3) is 0 Å². The number of rotatable bonds is 7. The van der Waals surface area contributed by atoms with Crippen molar-refractivity contribution in [2.75, 3.05) is 11.1 Å². The number of primary amides is 1. The topological polar surface area (TPSA) is 89.3 Å². The van der Waals surface area contributed by atoms with Crippen molar-refractivity contribution < 1.29 is 13.2 Å². The second-order valence-electron chi connectivity index (χ2n) is 6.54. The number of amides is 1. The molecular weight excluding hydrogens is 360 g/mol. The fourth-order valence-electron chi connectivity index (χ4n) is 2.97. The smallest absolute Gasteiger partial charge is 0.217 e. The highest BCUT2D eigenvalue weighted by atomic mass is 32.2. The van der Waals surface area contributed by atoms with Gasteiger partial charge in [0.05, 0.1) is 16.3 Å². The molecule has 0 bridgehead atoms. The molecule has 6 heteroatoms. The van der Waals surface area contributed by atoms with Gasteiger partial charge in [-0.25, -0.2) is 8.42 Å². The van der Waals surface area contributed by atoms with Gasteiger partial charge in [0.1, 0.15) is 0 Å². The Hall–Kier alpha value is -2.86. The van der Waals surface area contributed by atoms with Crippen LogP contribution in [-0.4, -0.2) is 20.1 Å². The standard InChI is InChI=1S/C21H22N2O3S/c1-15-8-11-17(12-9-15)23-21-18-6-3-2-5-16(18)10-13-19(21)27(25,26)14-4-7-20(22)24/h2-3,5-6,8-13,23H,4,7,14H2,1H3,(H2,22,24). The number of nitrogens with two attached hydrogens (primary N) is 1. The van der Waals surface area contributed by atoms with Gasteiger partial charge in [-0.05, 0) is 36.9 Å². The van der Waals surface area contributed by atoms with E-state index in [0.717, 1.165) is 22.0 Å². The third-order valence-electron chi connectivity index (χ3n) is 4.38. The predicted octanol–water partition coefficient (Wildman–Crippen LogP) is 3.93. The van der Waals surface area contributed by atoms with Crippen LogP contribution in [0, 0.1) is 6.92 Å². The van der Waals surface area contributed by atoms with E-state index in [0.29, 0.717) is 5.69 Å². The summed E-state index contributed by atoms with van der Waals surface area (Å²) in [6, 6.07) is 18.8. The highest BCUT2D eigenvalue weighted by molar-refractivity contribution is 7.91. The van der Waals surface area contributed by atoms with Crippen LogP contribution in [-0.2, 0) is 14.6 Å². The van der Waals surface area contributed by atoms with Crippen LogP contribution < -0.4 is 11.1 Å². The Kier molecular flexibility index (Phi) is 5.46. The zero-order valence-electron chi connectivity index (χ0n) is 15.1. The minimum absolute atomic E-state index is 0.0491. The van der Waals surface area contributed by atoms with Crippen LogP contribution in [0.15, 0.2) is 65.6 Å². The highest BCUT2D eigenvalue weighted by Gasteiger charge is 2.21. The van der Waals surface area contributed by atoms with Crippen molar-refractivity contribution in [2.24, 2.45) is 5.73 Å². The van der Waals surface area contributed by atoms with Crippen LogP contribution in [0.1, 0.15) is 18.4 Å². The van der Waals surface area contributed by atoms with Gasteiger partial charge in [-0.3, -0.25) is 4.79 Å². The summed E-state index contributed by atoms with van der Waals surface area (Å²) in [5.74, 6) is -0.627. The summed E-state index contributed by atoms with van der Waals surface area (Å²) >= 11 is 0. The summed E-state index contributed by atoms with van der Waals surface area (Å²) < 4.78 is 25.9. The molecule has 3 aromatic carbocycles. The Morgan fingerprint density at radius 2 is 1.70 bits per heavy atom. The Balaban J connectivity index is 2.06. The molecule has 3 aromatic rings. The fraction of sp³-hybridized carbons (Fsp3) is 0.190. The summed E-state index contributed by atoms with van der Waals surface area (Å²) in [5, 5.41) is 5.05. The fourth-order valence-corrected chi connectivity index (χ4v) is 4.46. The third-order valence-corrected chi connectivity index (χ3v) is 6.22. The van der Waals surface area contributed by atoms with E-state index in [9.17, 15) is 13.2 Å². The van der Waals surface area contributed by atoms with Gasteiger partial charge in [-0.1, -0.05) is 48.0 Å². The number of carbonyl (C=O) groups excluding carboxylic acids is 1. The molecule has 0 radical (unpaired) electrons. The average Bonchev–Trinajstić information content (AvgIpc) is 2.63. The molecule has 0 spiro atoms. The lowest BCUT2D eigenvalue weighted by molar-refractivity contribution is -0.118. The van der Waals surface area contributed by atoms with E-state index in [-0.39, 0.29) is 23.5 Å². The van der Waals surface area contributed by atoms with E-state index >= 15 is 0 Å². The molecule has 0 aliphatic heterocycles. The summed E-state index contributed by atoms with van der Waals surface area (Å²) in [7, 11) is -3.58. The molecule has 0 fully saturated rings. The number of anilines is 2. The van der Waals surface area contributed by atoms with Crippen molar-refractivity contribution in [3.63, 3.8) is 0 Å². The van der Waals surface area contributed by atoms with Gasteiger partial charge in [0, 0.05) is 17.5 Å². The van der Waals surface area contributed by atoms with Crippen molar-refractivity contribution in [1.82, 2.24) is 0 Å². The van der Waals surface area contributed by atoms with Crippen molar-refractivity contribution in [2.45, 2.75) is 24.7 Å². The first kappa shape index (κ1) is 18.9. The summed E-state index contributed by atoms with van der Waals surface area (Å²) in [4.78, 5) is 11.2. The number of benzene rings is 3. The molecule has 0 aromatic heterocycles. The van der Waals surface area contributed by atoms with Crippen LogP contribution in [0.5, 0.6) is 0 Å². The lowest BCUT2D eigenvalue weighted by Gasteiger charge is -2.16. The number of fused-ring (bicyclic) bond motifs is 1. The van der Waals surface area contributed by atoms with Crippen LogP contribution in [0.4, 0.5) is 11.4 Å². The van der Waals surface area contributed by atoms with Crippen LogP contribution in [0.3, 0.4) is 0 Å². The minimum atomic E-state index is -3.58. The largest absolute Gasteiger partial charge is 0.370 e. The number of sulfone groups is 1. The van der Waals surface area contributed by atoms with Crippen molar-refractivity contribution in [3.8, 4) is 0 Å². The summed E-state index contributed by atoms with van der Waals surface area (Å²) in [6.45, 7) is 2.00. The van der Waals surface area contributed by atoms with E-state index in [1.807, 2.05) is 55.5 Å². The second-order valence-corrected chi connectivity index (χ2v) is 8.62. The molecule has 27 heavy (non-hydrogen) atoms. The molecule has 1 amide bonds. The zero-order valence-corrected chi connectivity index (χ0v) is 15.9. The quantitative estimate of drug-likeness (QED) is 0.648. The molecule has 0 atom stereocenters. The highest BCUT2D eigenvalue weighted by Crippen LogP contribution is 2.34. The van der Waals surface area contributed by atoms with Gasteiger partial charge in [-0.2, -0.15) is 0 Å². The molecule has 0 saturated carbocycles. The lowest BCUT2D eigenvalue weighted by Crippen LogP contribution is -2.14. The van der Waals surface area contributed by atoms with Gasteiger partial charge < -0.3 is 11.1 Å². The Morgan fingerprint density at radius 3 is 2.41 bits per heavy atom. The Bertz CT molecular complexity index is 1070. The summed E-state index contributed by atoms with van der Waals surface area (Å²) in [6.07, 6.45) is 0.252. The monoisotopic (exact) mass is 382 g/mol. The molecule has 3 rings (SSSR count). The molecule has 0 saturated heterocycles. The van der Waals surface area contributed by atoms with Crippen molar-refractivity contribution >= 4 is 37.9 Å². The number of aryl methyl sites for hydroxylation is 1. The first-order valence-corrected chi connectivity index (χ1v) is 10.4. The van der Waals surface area contributed by atoms with Crippen LogP contribution in [0.25, 0.3) is 10.8 Å². The average molecular weight is 382 g/mol. The summed E-state index contributed by atoms with van der Waals surface area (Å²) in [5.41, 5.74) is 7.62. The molecule has 5 nitrogen and oxygen atoms in total. The van der Waals surface area contributed by atoms with E-state index in [1.54, 1.807) is 12.1 Å². The maximum absolute atomic E-state index is 12.9. The lowest BCUT2D eigenvalue weighted by atomic mass is 10.1. The predicted molar refractivity (Wildman–Crippen MR) is 109 cm³/mol. The van der Waals surface area contributed by atoms with Gasteiger partial charge >= 0.3 is 0 Å². The molecule has 0 unspecified atom stereocenters. The number of hydrogen-bond donors (Lipinski definition) is 2. The van der Waals surface area contributed by atoms with Crippen LogP contribution in [0.2, 0.25) is 0 Å². The Morgan fingerprint density at radius 1 is 1.00 bits per heavy atom. The minimum Gasteiger partial charge on any atom is -0.370 e. The maximum atomic E-state index is 12.9. The zero-order chi connectivity index (χ0) is 19.4. The van der Waals surface area contributed by atoms with E-state index in [1.165, 1.54) is 0 Å². The first-order chi connectivity index (χ1) is 12.9. The van der Waals surface area contributed by atoms with Crippen molar-refractivity contribution in [1.29, 1.82) is 0 Å². The van der Waals surface area contributed by atoms with E-state index < -0.39 is 15.7 Å². The maximum Gasteiger partial charge on any atom is 0.217 e.